The van der Waals surface area contributed by atoms with E-state index < -0.39 is 5.41 Å². The molecule has 0 radical (unpaired) electrons. The molecule has 0 fully saturated rings. The van der Waals surface area contributed by atoms with Crippen molar-refractivity contribution in [1.29, 1.82) is 0 Å². The monoisotopic (exact) mass is 342 g/mol. The predicted octanol–water partition coefficient (Wildman–Crippen LogP) is 5.14. The van der Waals surface area contributed by atoms with Gasteiger partial charge >= 0.3 is 0 Å². The molecule has 0 atom stereocenters. The molecule has 0 N–H and O–H groups in total. The minimum Gasteiger partial charge on any atom is -0.501 e. The predicted molar refractivity (Wildman–Crippen MR) is 105 cm³/mol. The Labute approximate surface area is 154 Å². The van der Waals surface area contributed by atoms with Crippen LogP contribution in [0.3, 0.4) is 0 Å². The van der Waals surface area contributed by atoms with Crippen LogP contribution in [0.4, 0.5) is 0 Å². The molecule has 0 amide bonds. The Balaban J connectivity index is 2.30. The Hall–Kier alpha value is -3.13. The van der Waals surface area contributed by atoms with Crippen molar-refractivity contribution in [2.24, 2.45) is 0 Å². The van der Waals surface area contributed by atoms with Crippen molar-refractivity contribution in [2.45, 2.75) is 12.3 Å². The van der Waals surface area contributed by atoms with Gasteiger partial charge in [-0.15, -0.1) is 0 Å². The van der Waals surface area contributed by atoms with Gasteiger partial charge in [-0.25, -0.2) is 0 Å². The van der Waals surface area contributed by atoms with Crippen molar-refractivity contribution in [3.8, 4) is 0 Å². The Bertz CT molecular complexity index is 756. The van der Waals surface area contributed by atoms with E-state index in [1.54, 1.807) is 0 Å². The van der Waals surface area contributed by atoms with Gasteiger partial charge in [0.2, 0.25) is 0 Å². The van der Waals surface area contributed by atoms with Gasteiger partial charge < -0.3 is 4.74 Å². The molecule has 0 aliphatic heterocycles. The first-order chi connectivity index (χ1) is 12.8. The smallest absolute Gasteiger partial charge is 0.178 e. The summed E-state index contributed by atoms with van der Waals surface area (Å²) in [4.78, 5) is 13.6. The molecule has 2 heteroatoms. The maximum atomic E-state index is 13.6. The molecule has 0 spiro atoms. The van der Waals surface area contributed by atoms with Crippen molar-refractivity contribution in [2.75, 3.05) is 6.61 Å². The quantitative estimate of drug-likeness (QED) is 0.338. The van der Waals surface area contributed by atoms with Crippen molar-refractivity contribution in [3.05, 3.63) is 120 Å². The zero-order chi connectivity index (χ0) is 18.2. The summed E-state index contributed by atoms with van der Waals surface area (Å²) in [6.45, 7) is 2.42. The van der Waals surface area contributed by atoms with Crippen molar-refractivity contribution in [3.63, 3.8) is 0 Å². The number of hydrogen-bond donors (Lipinski definition) is 0. The zero-order valence-corrected chi connectivity index (χ0v) is 14.8. The van der Waals surface area contributed by atoms with Crippen LogP contribution in [0.15, 0.2) is 103 Å². The number of benzene rings is 3. The highest BCUT2D eigenvalue weighted by Gasteiger charge is 2.42. The average molecular weight is 342 g/mol. The Kier molecular flexibility index (Phi) is 5.65. The Morgan fingerprint density at radius 2 is 1.15 bits per heavy atom. The average Bonchev–Trinajstić information content (AvgIpc) is 2.71. The van der Waals surface area contributed by atoms with Gasteiger partial charge in [0.15, 0.2) is 5.78 Å². The molecule has 0 bridgehead atoms. The van der Waals surface area contributed by atoms with E-state index in [2.05, 4.69) is 0 Å². The van der Waals surface area contributed by atoms with Crippen LogP contribution in [0.2, 0.25) is 0 Å². The van der Waals surface area contributed by atoms with E-state index in [4.69, 9.17) is 4.74 Å². The third-order valence-electron chi connectivity index (χ3n) is 4.47. The van der Waals surface area contributed by atoms with Gasteiger partial charge in [0.05, 0.1) is 12.9 Å². The summed E-state index contributed by atoms with van der Waals surface area (Å²) in [5.74, 6) is -0.0328. The van der Waals surface area contributed by atoms with Crippen LogP contribution in [-0.4, -0.2) is 12.4 Å². The third-order valence-corrected chi connectivity index (χ3v) is 4.47. The Morgan fingerprint density at radius 3 is 1.50 bits per heavy atom. The number of carbonyl (C=O) groups excluding carboxylic acids is 1. The van der Waals surface area contributed by atoms with Gasteiger partial charge in [-0.1, -0.05) is 91.0 Å². The molecule has 3 rings (SSSR count). The van der Waals surface area contributed by atoms with Crippen molar-refractivity contribution in [1.82, 2.24) is 0 Å². The number of ketones is 1. The largest absolute Gasteiger partial charge is 0.501 e. The molecule has 3 aromatic carbocycles. The first kappa shape index (κ1) is 17.7. The van der Waals surface area contributed by atoms with E-state index in [-0.39, 0.29) is 5.78 Å². The molecule has 2 nitrogen and oxygen atoms in total. The van der Waals surface area contributed by atoms with Gasteiger partial charge in [0, 0.05) is 6.08 Å². The summed E-state index contributed by atoms with van der Waals surface area (Å²) >= 11 is 0. The van der Waals surface area contributed by atoms with Crippen LogP contribution < -0.4 is 0 Å². The zero-order valence-electron chi connectivity index (χ0n) is 14.8. The Morgan fingerprint density at radius 1 is 0.769 bits per heavy atom. The first-order valence-electron chi connectivity index (χ1n) is 8.79. The van der Waals surface area contributed by atoms with Crippen LogP contribution in [0, 0.1) is 0 Å². The maximum absolute atomic E-state index is 13.6. The fraction of sp³-hybridized carbons (Fsp3) is 0.125. The fourth-order valence-corrected chi connectivity index (χ4v) is 3.32. The topological polar surface area (TPSA) is 26.3 Å². The first-order valence-corrected chi connectivity index (χ1v) is 8.79. The van der Waals surface area contributed by atoms with Gasteiger partial charge in [0.25, 0.3) is 0 Å². The van der Waals surface area contributed by atoms with Crippen molar-refractivity contribution < 1.29 is 9.53 Å². The normalized spacial score (nSPS) is 11.4. The second-order valence-electron chi connectivity index (χ2n) is 5.97. The van der Waals surface area contributed by atoms with Gasteiger partial charge in [0.1, 0.15) is 5.41 Å². The van der Waals surface area contributed by atoms with E-state index >= 15 is 0 Å². The molecule has 0 saturated carbocycles. The fourth-order valence-electron chi connectivity index (χ4n) is 3.32. The summed E-state index contributed by atoms with van der Waals surface area (Å²) in [5, 5.41) is 0. The lowest BCUT2D eigenvalue weighted by Gasteiger charge is -2.33. The second-order valence-corrected chi connectivity index (χ2v) is 5.97. The van der Waals surface area contributed by atoms with Crippen LogP contribution in [0.1, 0.15) is 23.6 Å². The van der Waals surface area contributed by atoms with Crippen LogP contribution in [0.25, 0.3) is 0 Å². The molecule has 0 aliphatic rings. The van der Waals surface area contributed by atoms with E-state index in [1.807, 2.05) is 97.9 Å². The number of carbonyl (C=O) groups is 1. The van der Waals surface area contributed by atoms with E-state index in [0.29, 0.717) is 6.61 Å². The third kappa shape index (κ3) is 3.31. The number of allylic oxidation sites excluding steroid dienone is 1. The van der Waals surface area contributed by atoms with Gasteiger partial charge in [-0.05, 0) is 23.6 Å². The summed E-state index contributed by atoms with van der Waals surface area (Å²) in [6, 6.07) is 29.7. The van der Waals surface area contributed by atoms with Crippen LogP contribution in [0.5, 0.6) is 0 Å². The molecule has 0 saturated heterocycles. The standard InChI is InChI=1S/C24H22O2/c1-2-26-19-18-23(25)24(20-12-6-3-7-13-20,21-14-8-4-9-15-21)22-16-10-5-11-17-22/h3-19H,2H2,1H3/b19-18+. The maximum Gasteiger partial charge on any atom is 0.178 e. The summed E-state index contributed by atoms with van der Waals surface area (Å²) < 4.78 is 5.31. The molecule has 130 valence electrons. The van der Waals surface area contributed by atoms with Crippen molar-refractivity contribution >= 4 is 5.78 Å². The SMILES string of the molecule is CCO/C=C/C(=O)C(c1ccccc1)(c1ccccc1)c1ccccc1. The molecule has 0 aliphatic carbocycles. The molecule has 0 unspecified atom stereocenters. The van der Waals surface area contributed by atoms with E-state index in [1.165, 1.54) is 12.3 Å². The highest BCUT2D eigenvalue weighted by Crippen LogP contribution is 2.40. The molecule has 0 aromatic heterocycles. The summed E-state index contributed by atoms with van der Waals surface area (Å²) in [5.41, 5.74) is 1.88. The molecule has 0 heterocycles. The molecular formula is C24H22O2. The second kappa shape index (κ2) is 8.30. The number of hydrogen-bond acceptors (Lipinski definition) is 2. The molecular weight excluding hydrogens is 320 g/mol. The summed E-state index contributed by atoms with van der Waals surface area (Å²) in [7, 11) is 0. The molecule has 3 aromatic rings. The highest BCUT2D eigenvalue weighted by molar-refractivity contribution is 6.04. The van der Waals surface area contributed by atoms with Crippen LogP contribution in [-0.2, 0) is 14.9 Å². The number of ether oxygens (including phenoxy) is 1. The molecule has 26 heavy (non-hydrogen) atoms. The summed E-state index contributed by atoms with van der Waals surface area (Å²) in [6.07, 6.45) is 3.03. The highest BCUT2D eigenvalue weighted by atomic mass is 16.5. The lowest BCUT2D eigenvalue weighted by molar-refractivity contribution is -0.117. The number of rotatable bonds is 7. The van der Waals surface area contributed by atoms with E-state index in [0.717, 1.165) is 16.7 Å². The lowest BCUT2D eigenvalue weighted by atomic mass is 9.66. The van der Waals surface area contributed by atoms with Gasteiger partial charge in [-0.2, -0.15) is 0 Å². The van der Waals surface area contributed by atoms with Gasteiger partial charge in [-0.3, -0.25) is 4.79 Å². The minimum atomic E-state index is -0.919. The van der Waals surface area contributed by atoms with Crippen LogP contribution >= 0.6 is 0 Å². The lowest BCUT2D eigenvalue weighted by Crippen LogP contribution is -2.37. The minimum absolute atomic E-state index is 0.0328. The van der Waals surface area contributed by atoms with E-state index in [9.17, 15) is 4.79 Å².